The van der Waals surface area contributed by atoms with Gasteiger partial charge in [-0.05, 0) is 32.0 Å². The molecule has 0 amide bonds. The van der Waals surface area contributed by atoms with Crippen LogP contribution in [0.1, 0.15) is 12.0 Å². The lowest BCUT2D eigenvalue weighted by Gasteiger charge is -2.11. The SMILES string of the molecule is Cc1ccc(S(=O)(=O)O)cc1.FC(F)(F)[C@H]1CCNC1. The van der Waals surface area contributed by atoms with E-state index in [1.807, 2.05) is 6.92 Å². The molecule has 0 unspecified atom stereocenters. The first-order chi connectivity index (χ1) is 9.10. The second-order valence-electron chi connectivity index (χ2n) is 4.52. The van der Waals surface area contributed by atoms with E-state index in [9.17, 15) is 21.6 Å². The first-order valence-electron chi connectivity index (χ1n) is 5.92. The van der Waals surface area contributed by atoms with Crippen molar-refractivity contribution in [2.75, 3.05) is 13.1 Å². The van der Waals surface area contributed by atoms with E-state index < -0.39 is 22.2 Å². The highest BCUT2D eigenvalue weighted by atomic mass is 32.2. The smallest absolute Gasteiger partial charge is 0.316 e. The normalized spacial score (nSPS) is 19.4. The molecule has 2 N–H and O–H groups in total. The van der Waals surface area contributed by atoms with Crippen LogP contribution in [0.15, 0.2) is 29.2 Å². The fourth-order valence-electron chi connectivity index (χ4n) is 1.64. The summed E-state index contributed by atoms with van der Waals surface area (Å²) < 4.78 is 64.7. The Labute approximate surface area is 115 Å². The lowest BCUT2D eigenvalue weighted by atomic mass is 10.1. The maximum Gasteiger partial charge on any atom is 0.393 e. The lowest BCUT2D eigenvalue weighted by Crippen LogP contribution is -2.24. The van der Waals surface area contributed by atoms with Crippen molar-refractivity contribution in [2.24, 2.45) is 5.92 Å². The zero-order chi connectivity index (χ0) is 15.4. The predicted molar refractivity (Wildman–Crippen MR) is 68.0 cm³/mol. The minimum Gasteiger partial charge on any atom is -0.316 e. The van der Waals surface area contributed by atoms with E-state index in [1.54, 1.807) is 12.1 Å². The van der Waals surface area contributed by atoms with Gasteiger partial charge in [-0.15, -0.1) is 0 Å². The van der Waals surface area contributed by atoms with Crippen LogP contribution < -0.4 is 5.32 Å². The number of rotatable bonds is 1. The third-order valence-corrected chi connectivity index (χ3v) is 3.71. The van der Waals surface area contributed by atoms with Gasteiger partial charge in [0, 0.05) is 6.54 Å². The molecule has 0 saturated carbocycles. The van der Waals surface area contributed by atoms with Crippen molar-refractivity contribution < 1.29 is 26.1 Å². The standard InChI is InChI=1S/C7H8O3S.C5H8F3N/c1-6-2-4-7(5-3-6)11(8,9)10;6-5(7,8)4-1-2-9-3-4/h2-5H,1H3,(H,8,9,10);4,9H,1-3H2/t;4-/m.0/s1. The van der Waals surface area contributed by atoms with Gasteiger partial charge in [0.25, 0.3) is 10.1 Å². The van der Waals surface area contributed by atoms with Crippen molar-refractivity contribution in [3.8, 4) is 0 Å². The van der Waals surface area contributed by atoms with Crippen LogP contribution in [0.2, 0.25) is 0 Å². The van der Waals surface area contributed by atoms with Gasteiger partial charge < -0.3 is 5.32 Å². The number of benzene rings is 1. The minimum atomic E-state index is -4.02. The molecule has 0 aromatic heterocycles. The molecule has 1 atom stereocenters. The quantitative estimate of drug-likeness (QED) is 0.782. The Balaban J connectivity index is 0.000000204. The van der Waals surface area contributed by atoms with Gasteiger partial charge in [0.2, 0.25) is 0 Å². The predicted octanol–water partition coefficient (Wildman–Crippen LogP) is 2.40. The first kappa shape index (κ1) is 16.9. The molecule has 1 aromatic carbocycles. The van der Waals surface area contributed by atoms with Gasteiger partial charge >= 0.3 is 6.18 Å². The number of hydrogen-bond donors (Lipinski definition) is 2. The van der Waals surface area contributed by atoms with Gasteiger partial charge in [-0.2, -0.15) is 21.6 Å². The average Bonchev–Trinajstić information content (AvgIpc) is 2.82. The second kappa shape index (κ2) is 6.55. The summed E-state index contributed by atoms with van der Waals surface area (Å²) in [6.07, 6.45) is -3.74. The molecule has 114 valence electrons. The molecule has 1 aliphatic heterocycles. The Kier molecular flexibility index (Phi) is 5.55. The van der Waals surface area contributed by atoms with Gasteiger partial charge in [-0.25, -0.2) is 0 Å². The summed E-state index contributed by atoms with van der Waals surface area (Å²) in [5.74, 6) is -1.10. The van der Waals surface area contributed by atoms with Crippen LogP contribution in [0, 0.1) is 12.8 Å². The van der Waals surface area contributed by atoms with E-state index in [0.29, 0.717) is 6.54 Å². The summed E-state index contributed by atoms with van der Waals surface area (Å²) in [5, 5.41) is 2.66. The maximum atomic E-state index is 11.7. The summed E-state index contributed by atoms with van der Waals surface area (Å²) in [6.45, 7) is 2.45. The van der Waals surface area contributed by atoms with Gasteiger partial charge in [0.1, 0.15) is 0 Å². The zero-order valence-corrected chi connectivity index (χ0v) is 11.6. The Morgan fingerprint density at radius 1 is 1.25 bits per heavy atom. The van der Waals surface area contributed by atoms with Crippen molar-refractivity contribution in [2.45, 2.75) is 24.4 Å². The molecule has 0 spiro atoms. The highest BCUT2D eigenvalue weighted by molar-refractivity contribution is 7.85. The molecular formula is C12H16F3NO3S. The number of alkyl halides is 3. The molecule has 1 fully saturated rings. The Bertz CT molecular complexity index is 520. The van der Waals surface area contributed by atoms with E-state index in [1.165, 1.54) is 12.1 Å². The number of aryl methyl sites for hydroxylation is 1. The Morgan fingerprint density at radius 3 is 2.10 bits per heavy atom. The summed E-state index contributed by atoms with van der Waals surface area (Å²) in [6, 6.07) is 5.99. The molecule has 1 aromatic rings. The molecule has 2 rings (SSSR count). The van der Waals surface area contributed by atoms with Gasteiger partial charge in [0.05, 0.1) is 10.8 Å². The first-order valence-corrected chi connectivity index (χ1v) is 7.36. The molecule has 20 heavy (non-hydrogen) atoms. The van der Waals surface area contributed by atoms with Crippen LogP contribution in [0.5, 0.6) is 0 Å². The monoisotopic (exact) mass is 311 g/mol. The highest BCUT2D eigenvalue weighted by Gasteiger charge is 2.40. The van der Waals surface area contributed by atoms with Crippen molar-refractivity contribution in [1.29, 1.82) is 0 Å². The van der Waals surface area contributed by atoms with E-state index in [4.69, 9.17) is 4.55 Å². The summed E-state index contributed by atoms with van der Waals surface area (Å²) >= 11 is 0. The molecular weight excluding hydrogens is 295 g/mol. The molecule has 8 heteroatoms. The topological polar surface area (TPSA) is 66.4 Å². The zero-order valence-electron chi connectivity index (χ0n) is 10.8. The molecule has 1 aliphatic rings. The van der Waals surface area contributed by atoms with Crippen LogP contribution in [-0.2, 0) is 10.1 Å². The Morgan fingerprint density at radius 2 is 1.80 bits per heavy atom. The summed E-state index contributed by atoms with van der Waals surface area (Å²) in [7, 11) is -4.02. The number of nitrogens with one attached hydrogen (secondary N) is 1. The second-order valence-corrected chi connectivity index (χ2v) is 5.94. The van der Waals surface area contributed by atoms with E-state index in [-0.39, 0.29) is 17.9 Å². The van der Waals surface area contributed by atoms with Crippen LogP contribution in [0.3, 0.4) is 0 Å². The number of halogens is 3. The third-order valence-electron chi connectivity index (χ3n) is 2.84. The Hall–Kier alpha value is -1.12. The molecule has 4 nitrogen and oxygen atoms in total. The molecule has 0 aliphatic carbocycles. The van der Waals surface area contributed by atoms with Crippen LogP contribution in [-0.4, -0.2) is 32.2 Å². The maximum absolute atomic E-state index is 11.7. The summed E-state index contributed by atoms with van der Waals surface area (Å²) in [5.41, 5.74) is 0.956. The highest BCUT2D eigenvalue weighted by Crippen LogP contribution is 2.29. The van der Waals surface area contributed by atoms with Crippen molar-refractivity contribution in [3.63, 3.8) is 0 Å². The van der Waals surface area contributed by atoms with Gasteiger partial charge in [-0.1, -0.05) is 17.7 Å². The van der Waals surface area contributed by atoms with Crippen molar-refractivity contribution in [3.05, 3.63) is 29.8 Å². The summed E-state index contributed by atoms with van der Waals surface area (Å²) in [4.78, 5) is -0.0666. The molecule has 0 bridgehead atoms. The number of hydrogen-bond acceptors (Lipinski definition) is 3. The van der Waals surface area contributed by atoms with Crippen molar-refractivity contribution in [1.82, 2.24) is 5.32 Å². The average molecular weight is 311 g/mol. The van der Waals surface area contributed by atoms with E-state index in [0.717, 1.165) is 5.56 Å². The van der Waals surface area contributed by atoms with E-state index in [2.05, 4.69) is 5.32 Å². The minimum absolute atomic E-state index is 0.0666. The van der Waals surface area contributed by atoms with Gasteiger partial charge in [-0.3, -0.25) is 4.55 Å². The van der Waals surface area contributed by atoms with E-state index >= 15 is 0 Å². The third kappa shape index (κ3) is 5.48. The molecule has 1 saturated heterocycles. The molecule has 0 radical (unpaired) electrons. The largest absolute Gasteiger partial charge is 0.393 e. The van der Waals surface area contributed by atoms with Crippen LogP contribution in [0.4, 0.5) is 13.2 Å². The van der Waals surface area contributed by atoms with Crippen LogP contribution >= 0.6 is 0 Å². The fraction of sp³-hybridized carbons (Fsp3) is 0.500. The molecule has 1 heterocycles. The van der Waals surface area contributed by atoms with Crippen molar-refractivity contribution >= 4 is 10.1 Å². The van der Waals surface area contributed by atoms with Crippen LogP contribution in [0.25, 0.3) is 0 Å². The lowest BCUT2D eigenvalue weighted by molar-refractivity contribution is -0.168. The fourth-order valence-corrected chi connectivity index (χ4v) is 2.12. The van der Waals surface area contributed by atoms with Gasteiger partial charge in [0.15, 0.2) is 0 Å².